The number of hydrogen-bond donors (Lipinski definition) is 1. The molecule has 0 amide bonds. The smallest absolute Gasteiger partial charge is 0.282 e. The summed E-state index contributed by atoms with van der Waals surface area (Å²) in [4.78, 5) is 17.1. The number of quaternary nitrogens is 1. The maximum Gasteiger partial charge on any atom is 0.497 e. The third-order valence-electron chi connectivity index (χ3n) is 6.99. The molecule has 1 aromatic heterocycles. The summed E-state index contributed by atoms with van der Waals surface area (Å²) in [7, 11) is 0. The number of hydroxylamine groups is 3. The van der Waals surface area contributed by atoms with E-state index in [-0.39, 0.29) is 25.1 Å². The number of benzene rings is 2. The lowest BCUT2D eigenvalue weighted by Gasteiger charge is -2.50. The Hall–Kier alpha value is -2.98. The van der Waals surface area contributed by atoms with E-state index in [9.17, 15) is 22.4 Å². The van der Waals surface area contributed by atoms with Gasteiger partial charge < -0.3 is 0 Å². The highest BCUT2D eigenvalue weighted by Gasteiger charge is 2.56. The van der Waals surface area contributed by atoms with Crippen LogP contribution in [0.5, 0.6) is 0 Å². The predicted molar refractivity (Wildman–Crippen MR) is 127 cm³/mol. The second-order valence-electron chi connectivity index (χ2n) is 10.2. The number of aromatic amines is 1. The Morgan fingerprint density at radius 1 is 1.05 bits per heavy atom. The van der Waals surface area contributed by atoms with Crippen LogP contribution in [0.3, 0.4) is 0 Å². The summed E-state index contributed by atoms with van der Waals surface area (Å²) in [5.74, 6) is -5.10. The number of nitrogens with one attached hydrogen (secondary N) is 1. The second-order valence-corrected chi connectivity index (χ2v) is 10.7. The van der Waals surface area contributed by atoms with Gasteiger partial charge in [0.1, 0.15) is 30.3 Å². The van der Waals surface area contributed by atoms with E-state index >= 15 is 4.39 Å². The first-order chi connectivity index (χ1) is 17.2. The molecule has 1 aliphatic rings. The van der Waals surface area contributed by atoms with Gasteiger partial charge in [-0.3, -0.25) is 9.94 Å². The third kappa shape index (κ3) is 5.50. The molecule has 3 aromatic rings. The summed E-state index contributed by atoms with van der Waals surface area (Å²) < 4.78 is 67.8. The van der Waals surface area contributed by atoms with E-state index in [1.165, 1.54) is 6.07 Å². The molecule has 11 heteroatoms. The van der Waals surface area contributed by atoms with E-state index in [1.807, 2.05) is 0 Å². The number of nitrogens with zero attached hydrogens (tertiary/aromatic N) is 2. The quantitative estimate of drug-likeness (QED) is 0.288. The lowest BCUT2D eigenvalue weighted by Crippen LogP contribution is -2.66. The van der Waals surface area contributed by atoms with Crippen LogP contribution in [0.2, 0.25) is 5.02 Å². The van der Waals surface area contributed by atoms with Crippen LogP contribution >= 0.6 is 11.6 Å². The Kier molecular flexibility index (Phi) is 7.11. The highest BCUT2D eigenvalue weighted by Crippen LogP contribution is 2.46. The highest BCUT2D eigenvalue weighted by molar-refractivity contribution is 6.30. The maximum absolute atomic E-state index is 15.1. The van der Waals surface area contributed by atoms with Gasteiger partial charge in [0.15, 0.2) is 0 Å². The summed E-state index contributed by atoms with van der Waals surface area (Å²) in [6, 6.07) is 11.9. The topological polar surface area (TPSA) is 55.0 Å². The Labute approximate surface area is 215 Å². The molecule has 37 heavy (non-hydrogen) atoms. The lowest BCUT2D eigenvalue weighted by atomic mass is 9.77. The fourth-order valence-electron chi connectivity index (χ4n) is 4.91. The molecule has 2 aromatic carbocycles. The molecule has 5 nitrogen and oxygen atoms in total. The standard InChI is InChI=1S/C26H26ClF5N3O2/c1-25(2,3)35(37-24(36)26(30,31)32)11-10-19(20(14-35)18-9-8-17(28)12-21(18)29)23-13-22(33-34-23)15-4-6-16(27)7-5-15/h4-9,12-13,19-20H,10-11,14H2,1-3H3,(H,33,34)/q+1/t19-,20+,35?/m1/s1. The number of alkyl halides is 3. The van der Waals surface area contributed by atoms with Gasteiger partial charge in [0.05, 0.1) is 5.69 Å². The van der Waals surface area contributed by atoms with E-state index in [2.05, 4.69) is 10.2 Å². The van der Waals surface area contributed by atoms with Gasteiger partial charge in [0.25, 0.3) is 0 Å². The molecule has 0 radical (unpaired) electrons. The van der Waals surface area contributed by atoms with Crippen LogP contribution in [0, 0.1) is 11.6 Å². The summed E-state index contributed by atoms with van der Waals surface area (Å²) in [5.41, 5.74) is 1.17. The molecule has 0 spiro atoms. The highest BCUT2D eigenvalue weighted by atomic mass is 35.5. The minimum atomic E-state index is -5.19. The molecule has 3 atom stereocenters. The van der Waals surface area contributed by atoms with Crippen molar-refractivity contribution < 1.29 is 36.2 Å². The number of aromatic nitrogens is 2. The van der Waals surface area contributed by atoms with Crippen LogP contribution in [0.1, 0.15) is 50.3 Å². The van der Waals surface area contributed by atoms with Crippen molar-refractivity contribution in [3.05, 3.63) is 76.4 Å². The van der Waals surface area contributed by atoms with E-state index in [0.717, 1.165) is 17.7 Å². The SMILES string of the molecule is CC(C)(C)[N+]1(OC(=O)C(F)(F)F)CC[C@@H](c2cc(-c3ccc(Cl)cc3)n[nH]2)[C@H](c2ccc(F)cc2F)C1. The van der Waals surface area contributed by atoms with Crippen LogP contribution < -0.4 is 0 Å². The number of carbonyl (C=O) groups excluding carboxylic acids is 1. The normalized spacial score (nSPS) is 22.6. The van der Waals surface area contributed by atoms with Gasteiger partial charge in [-0.2, -0.15) is 18.3 Å². The van der Waals surface area contributed by atoms with E-state index in [0.29, 0.717) is 16.4 Å². The molecule has 0 saturated carbocycles. The summed E-state index contributed by atoms with van der Waals surface area (Å²) in [6.45, 7) is 4.86. The molecule has 1 saturated heterocycles. The summed E-state index contributed by atoms with van der Waals surface area (Å²) >= 11 is 5.97. The van der Waals surface area contributed by atoms with Gasteiger partial charge in [-0.1, -0.05) is 29.8 Å². The predicted octanol–water partition coefficient (Wildman–Crippen LogP) is 6.92. The van der Waals surface area contributed by atoms with Crippen molar-refractivity contribution in [2.75, 3.05) is 13.1 Å². The molecule has 2 heterocycles. The number of piperidine rings is 1. The van der Waals surface area contributed by atoms with Gasteiger partial charge in [0.2, 0.25) is 0 Å². The number of likely N-dealkylation sites (tertiary alicyclic amines) is 1. The Bertz CT molecular complexity index is 1290. The summed E-state index contributed by atoms with van der Waals surface area (Å²) in [5, 5.41) is 7.90. The van der Waals surface area contributed by atoms with Crippen LogP contribution in [-0.2, 0) is 9.63 Å². The van der Waals surface area contributed by atoms with Gasteiger partial charge in [-0.15, -0.1) is 4.65 Å². The molecule has 1 unspecified atom stereocenters. The molecule has 1 fully saturated rings. The number of hydrogen-bond acceptors (Lipinski definition) is 3. The molecule has 198 valence electrons. The molecule has 0 aliphatic carbocycles. The summed E-state index contributed by atoms with van der Waals surface area (Å²) in [6.07, 6.45) is -4.95. The molecule has 1 N–H and O–H groups in total. The van der Waals surface area contributed by atoms with Crippen LogP contribution in [0.4, 0.5) is 22.0 Å². The molecule has 1 aliphatic heterocycles. The van der Waals surface area contributed by atoms with E-state index in [1.54, 1.807) is 51.1 Å². The fraction of sp³-hybridized carbons (Fsp3) is 0.385. The average molecular weight is 543 g/mol. The minimum absolute atomic E-state index is 0.0462. The number of carbonyl (C=O) groups is 1. The zero-order valence-corrected chi connectivity index (χ0v) is 21.1. The Morgan fingerprint density at radius 2 is 1.73 bits per heavy atom. The average Bonchev–Trinajstić information content (AvgIpc) is 3.28. The lowest BCUT2D eigenvalue weighted by molar-refractivity contribution is -1.13. The minimum Gasteiger partial charge on any atom is -0.282 e. The second kappa shape index (κ2) is 9.72. The first-order valence-electron chi connectivity index (χ1n) is 11.6. The van der Waals surface area contributed by atoms with Crippen molar-refractivity contribution in [2.24, 2.45) is 0 Å². The number of H-pyrrole nitrogens is 1. The van der Waals surface area contributed by atoms with Crippen molar-refractivity contribution in [1.82, 2.24) is 10.2 Å². The zero-order valence-electron chi connectivity index (χ0n) is 20.4. The first kappa shape index (κ1) is 27.1. The van der Waals surface area contributed by atoms with Crippen LogP contribution in [0.25, 0.3) is 11.3 Å². The largest absolute Gasteiger partial charge is 0.497 e. The van der Waals surface area contributed by atoms with Crippen molar-refractivity contribution in [2.45, 2.75) is 50.7 Å². The molecular weight excluding hydrogens is 517 g/mol. The maximum atomic E-state index is 15.1. The van der Waals surface area contributed by atoms with Gasteiger partial charge >= 0.3 is 12.1 Å². The Balaban J connectivity index is 1.77. The fourth-order valence-corrected chi connectivity index (χ4v) is 5.04. The van der Waals surface area contributed by atoms with Gasteiger partial charge in [-0.05, 0) is 50.6 Å². The van der Waals surface area contributed by atoms with Crippen molar-refractivity contribution >= 4 is 17.6 Å². The van der Waals surface area contributed by atoms with E-state index < -0.39 is 45.8 Å². The van der Waals surface area contributed by atoms with Crippen molar-refractivity contribution in [3.63, 3.8) is 0 Å². The van der Waals surface area contributed by atoms with E-state index in [4.69, 9.17) is 16.4 Å². The monoisotopic (exact) mass is 542 g/mol. The molecule has 4 rings (SSSR count). The molecule has 0 bridgehead atoms. The van der Waals surface area contributed by atoms with Crippen molar-refractivity contribution in [3.8, 4) is 11.3 Å². The first-order valence-corrected chi connectivity index (χ1v) is 12.0. The third-order valence-corrected chi connectivity index (χ3v) is 7.24. The molecular formula is C26H26ClF5N3O2+. The number of rotatable bonds is 4. The van der Waals surface area contributed by atoms with Crippen LogP contribution in [-0.4, -0.2) is 45.6 Å². The van der Waals surface area contributed by atoms with Gasteiger partial charge in [-0.25, -0.2) is 13.6 Å². The number of halogens is 6. The van der Waals surface area contributed by atoms with Crippen LogP contribution in [0.15, 0.2) is 48.5 Å². The van der Waals surface area contributed by atoms with Gasteiger partial charge in [0, 0.05) is 40.6 Å². The van der Waals surface area contributed by atoms with Crippen molar-refractivity contribution in [1.29, 1.82) is 0 Å². The zero-order chi connectivity index (χ0) is 27.2. The Morgan fingerprint density at radius 3 is 2.32 bits per heavy atom.